The van der Waals surface area contributed by atoms with Crippen LogP contribution in [-0.4, -0.2) is 31.2 Å². The van der Waals surface area contributed by atoms with Gasteiger partial charge in [0.25, 0.3) is 0 Å². The van der Waals surface area contributed by atoms with E-state index in [1.54, 1.807) is 18.2 Å². The molecule has 6 heteroatoms. The Morgan fingerprint density at radius 2 is 2.16 bits per heavy atom. The molecule has 104 valence electrons. The molecule has 0 saturated carbocycles. The fourth-order valence-electron chi connectivity index (χ4n) is 2.03. The van der Waals surface area contributed by atoms with Crippen molar-refractivity contribution in [2.45, 2.75) is 30.6 Å². The molecule has 0 fully saturated rings. The highest BCUT2D eigenvalue weighted by molar-refractivity contribution is 7.90. The van der Waals surface area contributed by atoms with Crippen LogP contribution in [0, 0.1) is 0 Å². The van der Waals surface area contributed by atoms with Gasteiger partial charge in [-0.1, -0.05) is 6.92 Å². The van der Waals surface area contributed by atoms with Crippen LogP contribution in [0.1, 0.15) is 31.5 Å². The van der Waals surface area contributed by atoms with Crippen LogP contribution in [0.25, 0.3) is 11.0 Å². The van der Waals surface area contributed by atoms with Crippen LogP contribution in [0.5, 0.6) is 0 Å². The van der Waals surface area contributed by atoms with Gasteiger partial charge in [-0.2, -0.15) is 0 Å². The molecule has 0 spiro atoms. The first kappa shape index (κ1) is 14.0. The zero-order valence-corrected chi connectivity index (χ0v) is 12.0. The van der Waals surface area contributed by atoms with Crippen LogP contribution in [0.15, 0.2) is 23.1 Å². The van der Waals surface area contributed by atoms with Gasteiger partial charge in [-0.05, 0) is 37.6 Å². The number of nitrogens with zero attached hydrogens (tertiary/aromatic N) is 1. The molecular weight excluding hydrogens is 262 g/mol. The Morgan fingerprint density at radius 3 is 2.79 bits per heavy atom. The number of benzene rings is 1. The zero-order chi connectivity index (χ0) is 14.0. The van der Waals surface area contributed by atoms with E-state index in [0.29, 0.717) is 11.4 Å². The molecule has 1 aromatic heterocycles. The fourth-order valence-corrected chi connectivity index (χ4v) is 2.68. The monoisotopic (exact) mass is 281 g/mol. The van der Waals surface area contributed by atoms with Gasteiger partial charge in [-0.3, -0.25) is 0 Å². The number of hydrogen-bond acceptors (Lipinski definition) is 4. The van der Waals surface area contributed by atoms with Crippen molar-refractivity contribution in [2.24, 2.45) is 5.73 Å². The Labute approximate surface area is 113 Å². The predicted octanol–water partition coefficient (Wildman–Crippen LogP) is 1.81. The van der Waals surface area contributed by atoms with Crippen molar-refractivity contribution >= 4 is 20.9 Å². The summed E-state index contributed by atoms with van der Waals surface area (Å²) in [7, 11) is -3.18. The molecule has 0 aliphatic heterocycles. The van der Waals surface area contributed by atoms with E-state index >= 15 is 0 Å². The van der Waals surface area contributed by atoms with Gasteiger partial charge in [0.1, 0.15) is 5.82 Å². The highest BCUT2D eigenvalue weighted by atomic mass is 32.2. The maximum Gasteiger partial charge on any atom is 0.175 e. The summed E-state index contributed by atoms with van der Waals surface area (Å²) in [4.78, 5) is 8.01. The van der Waals surface area contributed by atoms with Gasteiger partial charge >= 0.3 is 0 Å². The summed E-state index contributed by atoms with van der Waals surface area (Å²) in [5.41, 5.74) is 7.06. The average molecular weight is 281 g/mol. The van der Waals surface area contributed by atoms with E-state index in [2.05, 4.69) is 16.9 Å². The summed E-state index contributed by atoms with van der Waals surface area (Å²) < 4.78 is 23.0. The molecule has 2 rings (SSSR count). The summed E-state index contributed by atoms with van der Waals surface area (Å²) >= 11 is 0. The molecule has 5 nitrogen and oxygen atoms in total. The van der Waals surface area contributed by atoms with Crippen molar-refractivity contribution in [1.82, 2.24) is 9.97 Å². The maximum atomic E-state index is 11.5. The van der Waals surface area contributed by atoms with E-state index in [1.807, 2.05) is 0 Å². The molecule has 1 heterocycles. The normalized spacial score (nSPS) is 13.8. The SMILES string of the molecule is CC(CCCN)c1nc2ccc(S(C)(=O)=O)cc2[nH]1. The first-order chi connectivity index (χ1) is 8.91. The molecule has 0 amide bonds. The topological polar surface area (TPSA) is 88.8 Å². The van der Waals surface area contributed by atoms with E-state index < -0.39 is 9.84 Å². The lowest BCUT2D eigenvalue weighted by atomic mass is 10.1. The van der Waals surface area contributed by atoms with Crippen LogP contribution >= 0.6 is 0 Å². The Hall–Kier alpha value is -1.40. The minimum Gasteiger partial charge on any atom is -0.342 e. The van der Waals surface area contributed by atoms with Crippen molar-refractivity contribution in [3.8, 4) is 0 Å². The van der Waals surface area contributed by atoms with E-state index in [-0.39, 0.29) is 5.92 Å². The summed E-state index contributed by atoms with van der Waals surface area (Å²) in [6.07, 6.45) is 3.12. The van der Waals surface area contributed by atoms with Crippen molar-refractivity contribution in [2.75, 3.05) is 12.8 Å². The number of nitrogens with one attached hydrogen (secondary N) is 1. The molecule has 1 aromatic carbocycles. The van der Waals surface area contributed by atoms with Gasteiger partial charge < -0.3 is 10.7 Å². The van der Waals surface area contributed by atoms with Gasteiger partial charge in [0.2, 0.25) is 0 Å². The number of H-pyrrole nitrogens is 1. The Bertz CT molecular complexity index is 676. The van der Waals surface area contributed by atoms with Gasteiger partial charge in [0.05, 0.1) is 15.9 Å². The number of fused-ring (bicyclic) bond motifs is 1. The number of hydrogen-bond donors (Lipinski definition) is 2. The number of imidazole rings is 1. The minimum absolute atomic E-state index is 0.289. The number of aromatic nitrogens is 2. The van der Waals surface area contributed by atoms with Crippen molar-refractivity contribution < 1.29 is 8.42 Å². The molecule has 19 heavy (non-hydrogen) atoms. The third kappa shape index (κ3) is 3.13. The quantitative estimate of drug-likeness (QED) is 0.874. The lowest BCUT2D eigenvalue weighted by Crippen LogP contribution is -2.02. The second-order valence-electron chi connectivity index (χ2n) is 4.91. The molecule has 1 unspecified atom stereocenters. The average Bonchev–Trinajstić information content (AvgIpc) is 2.77. The Kier molecular flexibility index (Phi) is 3.91. The largest absolute Gasteiger partial charge is 0.342 e. The van der Waals surface area contributed by atoms with E-state index in [0.717, 1.165) is 29.7 Å². The minimum atomic E-state index is -3.18. The van der Waals surface area contributed by atoms with Crippen LogP contribution in [0.2, 0.25) is 0 Å². The molecular formula is C13H19N3O2S. The van der Waals surface area contributed by atoms with Crippen LogP contribution < -0.4 is 5.73 Å². The number of sulfone groups is 1. The van der Waals surface area contributed by atoms with Crippen molar-refractivity contribution in [1.29, 1.82) is 0 Å². The maximum absolute atomic E-state index is 11.5. The first-order valence-electron chi connectivity index (χ1n) is 6.31. The second-order valence-corrected chi connectivity index (χ2v) is 6.92. The first-order valence-corrected chi connectivity index (χ1v) is 8.20. The molecule has 0 radical (unpaired) electrons. The highest BCUT2D eigenvalue weighted by Gasteiger charge is 2.13. The van der Waals surface area contributed by atoms with Crippen molar-refractivity contribution in [3.63, 3.8) is 0 Å². The van der Waals surface area contributed by atoms with Crippen molar-refractivity contribution in [3.05, 3.63) is 24.0 Å². The number of rotatable bonds is 5. The molecule has 0 bridgehead atoms. The van der Waals surface area contributed by atoms with Gasteiger partial charge in [-0.25, -0.2) is 13.4 Å². The molecule has 3 N–H and O–H groups in total. The summed E-state index contributed by atoms with van der Waals surface area (Å²) in [6, 6.07) is 4.96. The van der Waals surface area contributed by atoms with Crippen LogP contribution in [0.3, 0.4) is 0 Å². The summed E-state index contributed by atoms with van der Waals surface area (Å²) in [6.45, 7) is 2.76. The lowest BCUT2D eigenvalue weighted by molar-refractivity contribution is 0.602. The van der Waals surface area contributed by atoms with E-state index in [4.69, 9.17) is 5.73 Å². The molecule has 1 atom stereocenters. The Balaban J connectivity index is 2.35. The molecule has 0 saturated heterocycles. The molecule has 0 aliphatic carbocycles. The van der Waals surface area contributed by atoms with Gasteiger partial charge in [-0.15, -0.1) is 0 Å². The van der Waals surface area contributed by atoms with Crippen LogP contribution in [0.4, 0.5) is 0 Å². The lowest BCUT2D eigenvalue weighted by Gasteiger charge is -2.06. The third-order valence-corrected chi connectivity index (χ3v) is 4.32. The second kappa shape index (κ2) is 5.30. The van der Waals surface area contributed by atoms with Gasteiger partial charge in [0.15, 0.2) is 9.84 Å². The fraction of sp³-hybridized carbons (Fsp3) is 0.462. The van der Waals surface area contributed by atoms with Gasteiger partial charge in [0, 0.05) is 12.2 Å². The third-order valence-electron chi connectivity index (χ3n) is 3.21. The van der Waals surface area contributed by atoms with E-state index in [9.17, 15) is 8.42 Å². The highest BCUT2D eigenvalue weighted by Crippen LogP contribution is 2.23. The zero-order valence-electron chi connectivity index (χ0n) is 11.2. The molecule has 0 aliphatic rings. The predicted molar refractivity (Wildman–Crippen MR) is 75.9 cm³/mol. The Morgan fingerprint density at radius 1 is 1.42 bits per heavy atom. The summed E-state index contributed by atoms with van der Waals surface area (Å²) in [5, 5.41) is 0. The standard InChI is InChI=1S/C13H19N3O2S/c1-9(4-3-7-14)13-15-11-6-5-10(19(2,17)18)8-12(11)16-13/h5-6,8-9H,3-4,7,14H2,1-2H3,(H,15,16). The smallest absolute Gasteiger partial charge is 0.175 e. The number of nitrogens with two attached hydrogens (primary N) is 1. The number of aromatic amines is 1. The molecule has 2 aromatic rings. The summed E-state index contributed by atoms with van der Waals surface area (Å²) in [5.74, 6) is 1.17. The van der Waals surface area contributed by atoms with E-state index in [1.165, 1.54) is 6.26 Å². The van der Waals surface area contributed by atoms with Crippen LogP contribution in [-0.2, 0) is 9.84 Å².